The van der Waals surface area contributed by atoms with Gasteiger partial charge in [-0.3, -0.25) is 13.7 Å². The highest BCUT2D eigenvalue weighted by atomic mass is 31.3. The molecule has 25 heavy (non-hydrogen) atoms. The standard InChI is InChI=1S/C8H19O14P3/c1-4-17-20-23(11,12)8(7(9)10,24(13,14)21-18-5-2)25(15,16)22-19-6-3/h4-6H2,1-3H3,(H,9,10)(H,11,12)(H,13,14)(H,15,16). The molecule has 0 bridgehead atoms. The highest BCUT2D eigenvalue weighted by Crippen LogP contribution is 2.87. The van der Waals surface area contributed by atoms with Gasteiger partial charge in [-0.05, 0) is 20.8 Å². The van der Waals surface area contributed by atoms with Crippen molar-refractivity contribution < 1.29 is 67.0 Å². The number of rotatable bonds is 13. The fourth-order valence-electron chi connectivity index (χ4n) is 1.37. The fraction of sp³-hybridized carbons (Fsp3) is 0.875. The lowest BCUT2D eigenvalue weighted by Gasteiger charge is -2.34. The normalized spacial score (nSPS) is 21.5. The lowest BCUT2D eigenvalue weighted by molar-refractivity contribution is -0.222. The van der Waals surface area contributed by atoms with Crippen LogP contribution in [-0.2, 0) is 47.2 Å². The average molecular weight is 432 g/mol. The van der Waals surface area contributed by atoms with Crippen molar-refractivity contribution in [3.63, 3.8) is 0 Å². The van der Waals surface area contributed by atoms with Crippen molar-refractivity contribution in [2.24, 2.45) is 0 Å². The predicted molar refractivity (Wildman–Crippen MR) is 78.0 cm³/mol. The molecule has 0 heterocycles. The van der Waals surface area contributed by atoms with Crippen LogP contribution in [0.5, 0.6) is 0 Å². The van der Waals surface area contributed by atoms with Gasteiger partial charge in [-0.2, -0.15) is 0 Å². The van der Waals surface area contributed by atoms with Crippen LogP contribution >= 0.6 is 22.8 Å². The number of aliphatic carboxylic acids is 1. The van der Waals surface area contributed by atoms with Crippen molar-refractivity contribution in [3.8, 4) is 0 Å². The van der Waals surface area contributed by atoms with Gasteiger partial charge in [0.25, 0.3) is 0 Å². The Kier molecular flexibility index (Phi) is 9.58. The van der Waals surface area contributed by atoms with Gasteiger partial charge in [0.1, 0.15) is 0 Å². The second-order valence-corrected chi connectivity index (χ2v) is 10.6. The largest absolute Gasteiger partial charge is 0.479 e. The van der Waals surface area contributed by atoms with Crippen LogP contribution in [0, 0.1) is 0 Å². The number of carbonyl (C=O) groups is 1. The van der Waals surface area contributed by atoms with Gasteiger partial charge in [0.2, 0.25) is 0 Å². The molecule has 14 nitrogen and oxygen atoms in total. The predicted octanol–water partition coefficient (Wildman–Crippen LogP) is 1.19. The van der Waals surface area contributed by atoms with Gasteiger partial charge >= 0.3 is 33.4 Å². The molecule has 0 saturated heterocycles. The van der Waals surface area contributed by atoms with Crippen molar-refractivity contribution in [2.45, 2.75) is 25.4 Å². The van der Waals surface area contributed by atoms with Crippen LogP contribution in [0.3, 0.4) is 0 Å². The number of carboxylic acids is 1. The first-order valence-corrected chi connectivity index (χ1v) is 11.3. The topological polar surface area (TPSA) is 205 Å². The lowest BCUT2D eigenvalue weighted by Crippen LogP contribution is -2.40. The summed E-state index contributed by atoms with van der Waals surface area (Å²) in [5.74, 6) is -2.74. The first-order chi connectivity index (χ1) is 11.4. The van der Waals surface area contributed by atoms with Crippen LogP contribution in [0.4, 0.5) is 0 Å². The van der Waals surface area contributed by atoms with Crippen LogP contribution in [0.15, 0.2) is 0 Å². The number of hydrogen-bond acceptors (Lipinski definition) is 10. The van der Waals surface area contributed by atoms with Crippen molar-refractivity contribution >= 4 is 28.8 Å². The summed E-state index contributed by atoms with van der Waals surface area (Å²) in [6.07, 6.45) is 0. The first-order valence-electron chi connectivity index (χ1n) is 6.53. The third-order valence-electron chi connectivity index (χ3n) is 2.28. The minimum atomic E-state index is -6.09. The van der Waals surface area contributed by atoms with Crippen LogP contribution in [-0.4, -0.2) is 50.2 Å². The highest BCUT2D eigenvalue weighted by Gasteiger charge is 2.82. The van der Waals surface area contributed by atoms with Gasteiger partial charge in [0.05, 0.1) is 19.8 Å². The summed E-state index contributed by atoms with van der Waals surface area (Å²) in [5.41, 5.74) is 0. The molecule has 3 atom stereocenters. The van der Waals surface area contributed by atoms with E-state index in [1.807, 2.05) is 0 Å². The minimum Gasteiger partial charge on any atom is -0.479 e. The molecule has 0 aliphatic heterocycles. The van der Waals surface area contributed by atoms with Gasteiger partial charge in [-0.15, -0.1) is 14.0 Å². The summed E-state index contributed by atoms with van der Waals surface area (Å²) in [7, 11) is -18.3. The maximum absolute atomic E-state index is 12.3. The van der Waals surface area contributed by atoms with Crippen molar-refractivity contribution in [1.29, 1.82) is 0 Å². The molecule has 0 spiro atoms. The number of carboxylic acid groups (broad SMARTS) is 1. The van der Waals surface area contributed by atoms with Crippen molar-refractivity contribution in [1.82, 2.24) is 0 Å². The third kappa shape index (κ3) is 4.95. The Hall–Kier alpha value is -0.200. The van der Waals surface area contributed by atoms with E-state index in [0.29, 0.717) is 0 Å². The molecule has 17 heteroatoms. The Bertz CT molecular complexity index is 519. The monoisotopic (exact) mass is 432 g/mol. The van der Waals surface area contributed by atoms with Gasteiger partial charge < -0.3 is 19.8 Å². The second-order valence-electron chi connectivity index (χ2n) is 3.94. The van der Waals surface area contributed by atoms with Gasteiger partial charge in [0.15, 0.2) is 0 Å². The first kappa shape index (κ1) is 24.8. The Balaban J connectivity index is 6.61. The third-order valence-corrected chi connectivity index (χ3v) is 10.7. The zero-order valence-corrected chi connectivity index (χ0v) is 16.0. The molecule has 0 aliphatic carbocycles. The minimum absolute atomic E-state index is 0.426. The zero-order chi connectivity index (χ0) is 19.9. The van der Waals surface area contributed by atoms with E-state index in [9.17, 15) is 38.3 Å². The van der Waals surface area contributed by atoms with Crippen molar-refractivity contribution in [3.05, 3.63) is 0 Å². The molecule has 0 fully saturated rings. The average Bonchev–Trinajstić information content (AvgIpc) is 2.48. The molecule has 4 N–H and O–H groups in total. The highest BCUT2D eigenvalue weighted by molar-refractivity contribution is 7.91. The molecule has 0 aliphatic rings. The summed E-state index contributed by atoms with van der Waals surface area (Å²) in [5, 5.41) is 9.33. The Morgan fingerprint density at radius 2 is 1.00 bits per heavy atom. The van der Waals surface area contributed by atoms with Gasteiger partial charge in [0, 0.05) is 0 Å². The molecule has 0 aromatic heterocycles. The maximum Gasteiger partial charge on any atom is 0.397 e. The molecule has 0 aromatic rings. The zero-order valence-electron chi connectivity index (χ0n) is 13.3. The Morgan fingerprint density at radius 3 is 1.16 bits per heavy atom. The SMILES string of the molecule is CCOOP(=O)(O)C(C(=O)O)(P(=O)(O)OOCC)P(=O)(O)OOCC. The Labute approximate surface area is 141 Å². The molecule has 0 radical (unpaired) electrons. The second kappa shape index (κ2) is 9.65. The smallest absolute Gasteiger partial charge is 0.397 e. The quantitative estimate of drug-likeness (QED) is 0.183. The van der Waals surface area contributed by atoms with Gasteiger partial charge in [-0.1, -0.05) is 0 Å². The van der Waals surface area contributed by atoms with E-state index < -0.39 is 53.2 Å². The summed E-state index contributed by atoms with van der Waals surface area (Å²) < 4.78 is 44.4. The Morgan fingerprint density at radius 1 is 0.760 bits per heavy atom. The van der Waals surface area contributed by atoms with E-state index in [4.69, 9.17) is 0 Å². The van der Waals surface area contributed by atoms with Gasteiger partial charge in [-0.25, -0.2) is 19.5 Å². The fourth-order valence-corrected chi connectivity index (χ4v) is 7.58. The van der Waals surface area contributed by atoms with E-state index in [-0.39, 0.29) is 0 Å². The molecule has 0 amide bonds. The lowest BCUT2D eigenvalue weighted by atomic mass is 10.8. The van der Waals surface area contributed by atoms with E-state index in [1.54, 1.807) is 0 Å². The molecule has 0 rings (SSSR count). The maximum atomic E-state index is 12.3. The molecular formula is C8H19O14P3. The van der Waals surface area contributed by atoms with Crippen LogP contribution in [0.1, 0.15) is 20.8 Å². The number of hydrogen-bond donors (Lipinski definition) is 4. The van der Waals surface area contributed by atoms with E-state index in [1.165, 1.54) is 20.8 Å². The summed E-state index contributed by atoms with van der Waals surface area (Å²) in [4.78, 5) is 53.7. The molecule has 0 saturated carbocycles. The molecule has 3 unspecified atom stereocenters. The van der Waals surface area contributed by atoms with Crippen LogP contribution < -0.4 is 0 Å². The summed E-state index contributed by atoms with van der Waals surface area (Å²) in [6.45, 7) is 2.45. The molecule has 0 aromatic carbocycles. The van der Waals surface area contributed by atoms with Crippen LogP contribution in [0.2, 0.25) is 0 Å². The summed E-state index contributed by atoms with van der Waals surface area (Å²) >= 11 is 0. The van der Waals surface area contributed by atoms with Crippen molar-refractivity contribution in [2.75, 3.05) is 19.8 Å². The van der Waals surface area contributed by atoms with E-state index in [2.05, 4.69) is 28.7 Å². The molecular weight excluding hydrogens is 413 g/mol. The van der Waals surface area contributed by atoms with Crippen LogP contribution in [0.25, 0.3) is 0 Å². The van der Waals surface area contributed by atoms with E-state index in [0.717, 1.165) is 0 Å². The van der Waals surface area contributed by atoms with E-state index >= 15 is 0 Å². The molecule has 150 valence electrons. The summed E-state index contributed by atoms with van der Waals surface area (Å²) in [6, 6.07) is 0.